The van der Waals surface area contributed by atoms with E-state index in [0.717, 1.165) is 75.7 Å². The SMILES string of the molecule is C=Cc1cnn(C2CCCCO2)c1C1CCCN(C(=O)OC)[C@H]1COC1CCC(c2ccccc2)CC1. The molecule has 2 aromatic rings. The van der Waals surface area contributed by atoms with Crippen LogP contribution in [-0.4, -0.2) is 59.8 Å². The molecule has 3 heterocycles. The maximum atomic E-state index is 12.9. The topological polar surface area (TPSA) is 65.8 Å². The zero-order chi connectivity index (χ0) is 25.6. The second kappa shape index (κ2) is 12.3. The number of methoxy groups -OCH3 is 1. The van der Waals surface area contributed by atoms with Crippen molar-refractivity contribution >= 4 is 12.2 Å². The lowest BCUT2D eigenvalue weighted by molar-refractivity contribution is -0.0467. The van der Waals surface area contributed by atoms with Crippen LogP contribution >= 0.6 is 0 Å². The molecule has 1 amide bonds. The van der Waals surface area contributed by atoms with Crippen LogP contribution in [0, 0.1) is 0 Å². The number of aromatic nitrogens is 2. The van der Waals surface area contributed by atoms with Gasteiger partial charge in [-0.1, -0.05) is 43.0 Å². The van der Waals surface area contributed by atoms with Crippen molar-refractivity contribution in [2.24, 2.45) is 0 Å². The van der Waals surface area contributed by atoms with Gasteiger partial charge in [-0.05, 0) is 69.3 Å². The van der Waals surface area contributed by atoms with Crippen LogP contribution < -0.4 is 0 Å². The van der Waals surface area contributed by atoms with Gasteiger partial charge >= 0.3 is 6.09 Å². The number of likely N-dealkylation sites (tertiary alicyclic amines) is 1. The van der Waals surface area contributed by atoms with E-state index >= 15 is 0 Å². The number of amides is 1. The van der Waals surface area contributed by atoms with Gasteiger partial charge in [0.2, 0.25) is 0 Å². The summed E-state index contributed by atoms with van der Waals surface area (Å²) in [6, 6.07) is 10.7. The molecule has 7 heteroatoms. The maximum Gasteiger partial charge on any atom is 0.409 e. The molecule has 2 unspecified atom stereocenters. The molecule has 5 rings (SSSR count). The molecule has 7 nitrogen and oxygen atoms in total. The lowest BCUT2D eigenvalue weighted by Gasteiger charge is -2.42. The average molecular weight is 508 g/mol. The molecule has 200 valence electrons. The average Bonchev–Trinajstić information content (AvgIpc) is 3.41. The second-order valence-electron chi connectivity index (χ2n) is 10.7. The molecule has 0 N–H and O–H groups in total. The summed E-state index contributed by atoms with van der Waals surface area (Å²) in [5.41, 5.74) is 3.55. The first-order valence-electron chi connectivity index (χ1n) is 14.0. The van der Waals surface area contributed by atoms with Crippen molar-refractivity contribution in [3.05, 3.63) is 59.9 Å². The molecule has 0 radical (unpaired) electrons. The van der Waals surface area contributed by atoms with E-state index in [1.54, 1.807) is 0 Å². The third-order valence-electron chi connectivity index (χ3n) is 8.50. The number of benzene rings is 1. The molecule has 3 fully saturated rings. The van der Waals surface area contributed by atoms with Gasteiger partial charge in [-0.2, -0.15) is 5.10 Å². The van der Waals surface area contributed by atoms with Crippen LogP contribution in [0.1, 0.15) is 92.7 Å². The van der Waals surface area contributed by atoms with Gasteiger partial charge < -0.3 is 19.1 Å². The fourth-order valence-corrected chi connectivity index (χ4v) is 6.52. The largest absolute Gasteiger partial charge is 0.453 e. The first-order chi connectivity index (χ1) is 18.2. The minimum absolute atomic E-state index is 0.0687. The monoisotopic (exact) mass is 507 g/mol. The van der Waals surface area contributed by atoms with Crippen LogP contribution in [-0.2, 0) is 14.2 Å². The molecule has 3 aliphatic rings. The Kier molecular flexibility index (Phi) is 8.62. The lowest BCUT2D eigenvalue weighted by atomic mass is 9.82. The zero-order valence-electron chi connectivity index (χ0n) is 22.1. The van der Waals surface area contributed by atoms with Crippen LogP contribution in [0.15, 0.2) is 43.1 Å². The van der Waals surface area contributed by atoms with Crippen molar-refractivity contribution in [1.82, 2.24) is 14.7 Å². The van der Waals surface area contributed by atoms with Crippen LogP contribution in [0.3, 0.4) is 0 Å². The van der Waals surface area contributed by atoms with Crippen molar-refractivity contribution in [3.8, 4) is 0 Å². The Morgan fingerprint density at radius 3 is 2.62 bits per heavy atom. The van der Waals surface area contributed by atoms with Crippen molar-refractivity contribution in [1.29, 1.82) is 0 Å². The first kappa shape index (κ1) is 26.0. The van der Waals surface area contributed by atoms with Gasteiger partial charge in [0.25, 0.3) is 0 Å². The summed E-state index contributed by atoms with van der Waals surface area (Å²) in [5, 5.41) is 4.74. The Balaban J connectivity index is 1.33. The summed E-state index contributed by atoms with van der Waals surface area (Å²) in [5.74, 6) is 0.685. The van der Waals surface area contributed by atoms with E-state index in [1.807, 2.05) is 17.2 Å². The van der Waals surface area contributed by atoms with E-state index in [2.05, 4.69) is 41.6 Å². The Labute approximate surface area is 220 Å². The van der Waals surface area contributed by atoms with Crippen molar-refractivity contribution in [3.63, 3.8) is 0 Å². The first-order valence-corrected chi connectivity index (χ1v) is 14.0. The second-order valence-corrected chi connectivity index (χ2v) is 10.7. The van der Waals surface area contributed by atoms with Crippen LogP contribution in [0.25, 0.3) is 6.08 Å². The Bertz CT molecular complexity index is 1020. The zero-order valence-corrected chi connectivity index (χ0v) is 22.1. The summed E-state index contributed by atoms with van der Waals surface area (Å²) < 4.78 is 20.0. The van der Waals surface area contributed by atoms with Gasteiger partial charge in [0.05, 0.1) is 37.8 Å². The van der Waals surface area contributed by atoms with Crippen molar-refractivity contribution < 1.29 is 19.0 Å². The maximum absolute atomic E-state index is 12.9. The molecule has 2 saturated heterocycles. The number of nitrogens with zero attached hydrogens (tertiary/aromatic N) is 3. The highest BCUT2D eigenvalue weighted by atomic mass is 16.5. The number of hydrogen-bond acceptors (Lipinski definition) is 5. The molecule has 1 aliphatic carbocycles. The van der Waals surface area contributed by atoms with Gasteiger partial charge in [0, 0.05) is 24.6 Å². The number of hydrogen-bond donors (Lipinski definition) is 0. The minimum Gasteiger partial charge on any atom is -0.453 e. The standard InChI is InChI=1S/C30H41N3O4/c1-3-22-20-31-33(28-13-7-8-19-36-28)29(22)26-12-9-18-32(30(34)35-2)27(26)21-37-25-16-14-24(15-17-25)23-10-5-4-6-11-23/h3-6,10-11,20,24-28H,1,7-9,12-19,21H2,2H3/t24?,25?,26?,27-,28?/m0/s1. The Morgan fingerprint density at radius 1 is 1.11 bits per heavy atom. The molecule has 3 atom stereocenters. The van der Waals surface area contributed by atoms with Crippen molar-refractivity contribution in [2.45, 2.75) is 88.0 Å². The highest BCUT2D eigenvalue weighted by molar-refractivity contribution is 5.68. The summed E-state index contributed by atoms with van der Waals surface area (Å²) in [6.07, 6.45) is 13.0. The minimum atomic E-state index is -0.286. The molecule has 1 aromatic carbocycles. The third kappa shape index (κ3) is 5.78. The van der Waals surface area contributed by atoms with Gasteiger partial charge in [0.1, 0.15) is 6.23 Å². The van der Waals surface area contributed by atoms with Crippen LogP contribution in [0.4, 0.5) is 4.79 Å². The van der Waals surface area contributed by atoms with Crippen LogP contribution in [0.5, 0.6) is 0 Å². The Morgan fingerprint density at radius 2 is 1.92 bits per heavy atom. The highest BCUT2D eigenvalue weighted by Crippen LogP contribution is 2.39. The summed E-state index contributed by atoms with van der Waals surface area (Å²) in [7, 11) is 1.46. The molecule has 1 aromatic heterocycles. The van der Waals surface area contributed by atoms with Gasteiger partial charge in [-0.15, -0.1) is 0 Å². The summed E-state index contributed by atoms with van der Waals surface area (Å²) >= 11 is 0. The van der Waals surface area contributed by atoms with Crippen molar-refractivity contribution in [2.75, 3.05) is 26.9 Å². The Hall–Kier alpha value is -2.64. The quantitative estimate of drug-likeness (QED) is 0.441. The number of carbonyl (C=O) groups excluding carboxylic acids is 1. The summed E-state index contributed by atoms with van der Waals surface area (Å²) in [6.45, 7) is 5.99. The number of piperidine rings is 1. The smallest absolute Gasteiger partial charge is 0.409 e. The third-order valence-corrected chi connectivity index (χ3v) is 8.50. The fourth-order valence-electron chi connectivity index (χ4n) is 6.52. The predicted molar refractivity (Wildman–Crippen MR) is 143 cm³/mol. The van der Waals surface area contributed by atoms with E-state index in [-0.39, 0.29) is 30.4 Å². The number of rotatable bonds is 7. The highest BCUT2D eigenvalue weighted by Gasteiger charge is 2.40. The molecular weight excluding hydrogens is 466 g/mol. The number of ether oxygens (including phenoxy) is 3. The fraction of sp³-hybridized carbons (Fsp3) is 0.600. The van der Waals surface area contributed by atoms with Gasteiger partial charge in [-0.3, -0.25) is 0 Å². The van der Waals surface area contributed by atoms with E-state index in [9.17, 15) is 4.79 Å². The molecular formula is C30H41N3O4. The molecule has 0 spiro atoms. The van der Waals surface area contributed by atoms with E-state index in [0.29, 0.717) is 19.1 Å². The van der Waals surface area contributed by atoms with E-state index < -0.39 is 0 Å². The van der Waals surface area contributed by atoms with Gasteiger partial charge in [-0.25, -0.2) is 9.48 Å². The molecule has 37 heavy (non-hydrogen) atoms. The molecule has 0 bridgehead atoms. The molecule has 1 saturated carbocycles. The summed E-state index contributed by atoms with van der Waals surface area (Å²) in [4.78, 5) is 14.7. The lowest BCUT2D eigenvalue weighted by Crippen LogP contribution is -2.51. The van der Waals surface area contributed by atoms with Crippen LogP contribution in [0.2, 0.25) is 0 Å². The predicted octanol–water partition coefficient (Wildman–Crippen LogP) is 6.28. The molecule has 2 aliphatic heterocycles. The van der Waals surface area contributed by atoms with Gasteiger partial charge in [0.15, 0.2) is 0 Å². The van der Waals surface area contributed by atoms with E-state index in [1.165, 1.54) is 12.7 Å². The normalized spacial score (nSPS) is 28.6. The number of carbonyl (C=O) groups is 1. The van der Waals surface area contributed by atoms with E-state index in [4.69, 9.17) is 19.3 Å².